The van der Waals surface area contributed by atoms with Crippen LogP contribution >= 0.6 is 0 Å². The number of carbonyl (C=O) groups excluding carboxylic acids is 3. The number of rotatable bonds is 5. The number of nitrogens with one attached hydrogen (secondary N) is 1. The van der Waals surface area contributed by atoms with E-state index in [1.165, 1.54) is 0 Å². The second-order valence-corrected chi connectivity index (χ2v) is 6.84. The zero-order chi connectivity index (χ0) is 16.9. The molecule has 7 nitrogen and oxygen atoms in total. The van der Waals surface area contributed by atoms with Crippen LogP contribution in [0.4, 0.5) is 4.79 Å². The largest absolute Gasteiger partial charge is 0.462 e. The van der Waals surface area contributed by atoms with Crippen LogP contribution in [0.3, 0.4) is 0 Å². The predicted molar refractivity (Wildman–Crippen MR) is 84.8 cm³/mol. The lowest BCUT2D eigenvalue weighted by atomic mass is 10.1. The first-order chi connectivity index (χ1) is 10.9. The Balaban J connectivity index is 1.81. The van der Waals surface area contributed by atoms with Crippen LogP contribution in [-0.2, 0) is 14.3 Å². The summed E-state index contributed by atoms with van der Waals surface area (Å²) in [6.07, 6.45) is 4.50. The van der Waals surface area contributed by atoms with E-state index in [-0.39, 0.29) is 25.1 Å². The molecule has 0 aromatic carbocycles. The summed E-state index contributed by atoms with van der Waals surface area (Å²) in [6.45, 7) is 5.69. The predicted octanol–water partition coefficient (Wildman–Crippen LogP) is 1.13. The number of likely N-dealkylation sites (tertiary alicyclic amines) is 1. The van der Waals surface area contributed by atoms with Crippen molar-refractivity contribution < 1.29 is 19.1 Å². The van der Waals surface area contributed by atoms with Crippen molar-refractivity contribution >= 4 is 17.9 Å². The molecule has 2 fully saturated rings. The molecule has 2 saturated heterocycles. The van der Waals surface area contributed by atoms with Crippen molar-refractivity contribution in [2.75, 3.05) is 32.8 Å². The van der Waals surface area contributed by atoms with Crippen LogP contribution in [0.15, 0.2) is 0 Å². The summed E-state index contributed by atoms with van der Waals surface area (Å²) in [5, 5.41) is 2.74. The van der Waals surface area contributed by atoms with Gasteiger partial charge < -0.3 is 19.9 Å². The fourth-order valence-electron chi connectivity index (χ4n) is 2.97. The molecule has 0 aliphatic carbocycles. The second kappa shape index (κ2) is 7.66. The molecular formula is C16H27N3O4. The Bertz CT molecular complexity index is 464. The Morgan fingerprint density at radius 3 is 2.61 bits per heavy atom. The van der Waals surface area contributed by atoms with E-state index < -0.39 is 11.5 Å². The van der Waals surface area contributed by atoms with E-state index in [1.807, 2.05) is 13.8 Å². The highest BCUT2D eigenvalue weighted by atomic mass is 16.5. The van der Waals surface area contributed by atoms with Gasteiger partial charge in [0.2, 0.25) is 5.91 Å². The lowest BCUT2D eigenvalue weighted by molar-refractivity contribution is -0.152. The second-order valence-electron chi connectivity index (χ2n) is 6.84. The molecule has 2 aliphatic rings. The molecule has 0 aromatic heterocycles. The average Bonchev–Trinajstić information content (AvgIpc) is 2.92. The average molecular weight is 325 g/mol. The van der Waals surface area contributed by atoms with Gasteiger partial charge in [-0.15, -0.1) is 0 Å². The highest BCUT2D eigenvalue weighted by Gasteiger charge is 2.35. The number of hydrogen-bond donors (Lipinski definition) is 1. The zero-order valence-corrected chi connectivity index (χ0v) is 14.1. The van der Waals surface area contributed by atoms with E-state index in [0.29, 0.717) is 26.1 Å². The van der Waals surface area contributed by atoms with Crippen molar-refractivity contribution in [2.45, 2.75) is 51.5 Å². The topological polar surface area (TPSA) is 79.0 Å². The summed E-state index contributed by atoms with van der Waals surface area (Å²) in [6, 6.07) is -0.134. The summed E-state index contributed by atoms with van der Waals surface area (Å²) in [4.78, 5) is 39.1. The molecule has 0 saturated carbocycles. The van der Waals surface area contributed by atoms with Crippen LogP contribution in [0.5, 0.6) is 0 Å². The summed E-state index contributed by atoms with van der Waals surface area (Å²) < 4.78 is 5.34. The number of urea groups is 1. The van der Waals surface area contributed by atoms with Gasteiger partial charge in [0, 0.05) is 26.1 Å². The number of hydrogen-bond acceptors (Lipinski definition) is 4. The first-order valence-electron chi connectivity index (χ1n) is 8.39. The van der Waals surface area contributed by atoms with E-state index in [0.717, 1.165) is 25.7 Å². The van der Waals surface area contributed by atoms with Gasteiger partial charge in [0.05, 0.1) is 5.54 Å². The summed E-state index contributed by atoms with van der Waals surface area (Å²) in [5.74, 6) is -0.383. The van der Waals surface area contributed by atoms with E-state index in [2.05, 4.69) is 5.32 Å². The molecular weight excluding hydrogens is 298 g/mol. The Kier molecular flexibility index (Phi) is 5.85. The van der Waals surface area contributed by atoms with Crippen LogP contribution < -0.4 is 5.32 Å². The third-order valence-corrected chi connectivity index (χ3v) is 4.42. The molecule has 7 heteroatoms. The lowest BCUT2D eigenvalue weighted by Gasteiger charge is -2.34. The quantitative estimate of drug-likeness (QED) is 0.769. The van der Waals surface area contributed by atoms with Crippen molar-refractivity contribution in [2.24, 2.45) is 0 Å². The van der Waals surface area contributed by atoms with Gasteiger partial charge in [-0.25, -0.2) is 4.79 Å². The number of esters is 1. The molecule has 0 spiro atoms. The number of amides is 3. The van der Waals surface area contributed by atoms with Crippen molar-refractivity contribution in [1.29, 1.82) is 0 Å². The van der Waals surface area contributed by atoms with Crippen LogP contribution in [0.2, 0.25) is 0 Å². The zero-order valence-electron chi connectivity index (χ0n) is 14.1. The summed E-state index contributed by atoms with van der Waals surface area (Å²) in [7, 11) is 0. The van der Waals surface area contributed by atoms with Gasteiger partial charge in [-0.2, -0.15) is 0 Å². The number of ether oxygens (including phenoxy) is 1. The SMILES string of the molecule is CC(C)(COC(=O)CN1CCCCCCC1=O)N1CCNC1=O. The van der Waals surface area contributed by atoms with Crippen molar-refractivity contribution in [3.05, 3.63) is 0 Å². The highest BCUT2D eigenvalue weighted by Crippen LogP contribution is 2.18. The lowest BCUT2D eigenvalue weighted by Crippen LogP contribution is -2.50. The summed E-state index contributed by atoms with van der Waals surface area (Å²) >= 11 is 0. The van der Waals surface area contributed by atoms with E-state index in [9.17, 15) is 14.4 Å². The third kappa shape index (κ3) is 4.84. The maximum atomic E-state index is 12.1. The first-order valence-corrected chi connectivity index (χ1v) is 8.39. The smallest absolute Gasteiger partial charge is 0.325 e. The molecule has 2 aliphatic heterocycles. The molecule has 0 bridgehead atoms. The van der Waals surface area contributed by atoms with Crippen LogP contribution in [0.1, 0.15) is 46.0 Å². The molecule has 0 atom stereocenters. The Morgan fingerprint density at radius 1 is 1.17 bits per heavy atom. The van der Waals surface area contributed by atoms with Gasteiger partial charge in [0.1, 0.15) is 13.2 Å². The number of carbonyl (C=O) groups is 3. The Hall–Kier alpha value is -1.79. The van der Waals surface area contributed by atoms with Gasteiger partial charge in [0.25, 0.3) is 0 Å². The molecule has 0 unspecified atom stereocenters. The van der Waals surface area contributed by atoms with Gasteiger partial charge in [-0.3, -0.25) is 9.59 Å². The fourth-order valence-corrected chi connectivity index (χ4v) is 2.97. The summed E-state index contributed by atoms with van der Waals surface area (Å²) in [5.41, 5.74) is -0.559. The van der Waals surface area contributed by atoms with Crippen LogP contribution in [0.25, 0.3) is 0 Å². The molecule has 2 heterocycles. The van der Waals surface area contributed by atoms with Crippen molar-refractivity contribution in [3.63, 3.8) is 0 Å². The first kappa shape index (κ1) is 17.6. The maximum Gasteiger partial charge on any atom is 0.325 e. The monoisotopic (exact) mass is 325 g/mol. The number of nitrogens with zero attached hydrogens (tertiary/aromatic N) is 2. The van der Waals surface area contributed by atoms with E-state index in [4.69, 9.17) is 4.74 Å². The third-order valence-electron chi connectivity index (χ3n) is 4.42. The Labute approximate surface area is 137 Å². The van der Waals surface area contributed by atoms with E-state index >= 15 is 0 Å². The van der Waals surface area contributed by atoms with Crippen molar-refractivity contribution in [1.82, 2.24) is 15.1 Å². The maximum absolute atomic E-state index is 12.1. The minimum Gasteiger partial charge on any atom is -0.462 e. The van der Waals surface area contributed by atoms with Crippen LogP contribution in [0, 0.1) is 0 Å². The highest BCUT2D eigenvalue weighted by molar-refractivity contribution is 5.82. The van der Waals surface area contributed by atoms with Gasteiger partial charge in [-0.05, 0) is 26.7 Å². The standard InChI is InChI=1S/C16H27N3O4/c1-16(2,19-10-8-17-15(19)22)12-23-14(21)11-18-9-6-4-3-5-7-13(18)20/h3-12H2,1-2H3,(H,17,22). The molecule has 3 amide bonds. The molecule has 23 heavy (non-hydrogen) atoms. The van der Waals surface area contributed by atoms with Crippen LogP contribution in [-0.4, -0.2) is 66.0 Å². The molecule has 0 radical (unpaired) electrons. The minimum absolute atomic E-state index is 0.00110. The van der Waals surface area contributed by atoms with Gasteiger partial charge in [-0.1, -0.05) is 12.8 Å². The molecule has 130 valence electrons. The molecule has 1 N–H and O–H groups in total. The molecule has 0 aromatic rings. The Morgan fingerprint density at radius 2 is 1.91 bits per heavy atom. The normalized spacial score (nSPS) is 20.1. The van der Waals surface area contributed by atoms with Crippen molar-refractivity contribution in [3.8, 4) is 0 Å². The van der Waals surface area contributed by atoms with Gasteiger partial charge >= 0.3 is 12.0 Å². The van der Waals surface area contributed by atoms with Gasteiger partial charge in [0.15, 0.2) is 0 Å². The minimum atomic E-state index is -0.559. The van der Waals surface area contributed by atoms with E-state index in [1.54, 1.807) is 9.80 Å². The fraction of sp³-hybridized carbons (Fsp3) is 0.812. The molecule has 2 rings (SSSR count).